The van der Waals surface area contributed by atoms with Gasteiger partial charge in [-0.3, -0.25) is 4.79 Å². The zero-order chi connectivity index (χ0) is 23.4. The Hall–Kier alpha value is -3.08. The number of thiazole rings is 1. The van der Waals surface area contributed by atoms with Crippen LogP contribution in [0.15, 0.2) is 36.5 Å². The van der Waals surface area contributed by atoms with Gasteiger partial charge in [-0.15, -0.1) is 0 Å². The fraction of sp³-hybridized carbons (Fsp3) is 0.409. The topological polar surface area (TPSA) is 67.8 Å². The summed E-state index contributed by atoms with van der Waals surface area (Å²) in [5.74, 6) is 0.270. The van der Waals surface area contributed by atoms with Crippen molar-refractivity contribution < 1.29 is 27.4 Å². The maximum Gasteiger partial charge on any atom is 0.422 e. The summed E-state index contributed by atoms with van der Waals surface area (Å²) in [5, 5.41) is 0.913. The second kappa shape index (κ2) is 9.82. The van der Waals surface area contributed by atoms with E-state index < -0.39 is 12.8 Å². The summed E-state index contributed by atoms with van der Waals surface area (Å²) in [4.78, 5) is 26.5. The Labute approximate surface area is 192 Å². The molecule has 2 aromatic heterocycles. The van der Waals surface area contributed by atoms with Gasteiger partial charge in [0.15, 0.2) is 23.2 Å². The molecule has 4 rings (SSSR count). The Bertz CT molecular complexity index is 1080. The summed E-state index contributed by atoms with van der Waals surface area (Å²) in [5.41, 5.74) is 1.67. The van der Waals surface area contributed by atoms with E-state index in [4.69, 9.17) is 9.47 Å². The molecule has 1 aliphatic rings. The largest absolute Gasteiger partial charge is 0.493 e. The molecule has 7 nitrogen and oxygen atoms in total. The van der Waals surface area contributed by atoms with Crippen molar-refractivity contribution in [1.29, 1.82) is 0 Å². The molecule has 0 atom stereocenters. The number of piperazine rings is 1. The number of aromatic nitrogens is 2. The number of aryl methyl sites for hydroxylation is 1. The molecule has 176 valence electrons. The first kappa shape index (κ1) is 23.1. The lowest BCUT2D eigenvalue weighted by Gasteiger charge is -2.34. The van der Waals surface area contributed by atoms with Crippen molar-refractivity contribution in [2.24, 2.45) is 0 Å². The summed E-state index contributed by atoms with van der Waals surface area (Å²) in [7, 11) is 1.37. The minimum Gasteiger partial charge on any atom is -0.493 e. The predicted octanol–water partition coefficient (Wildman–Crippen LogP) is 3.92. The number of hydrogen-bond acceptors (Lipinski definition) is 7. The highest BCUT2D eigenvalue weighted by Gasteiger charge is 2.29. The average molecular weight is 481 g/mol. The number of carbonyl (C=O) groups is 1. The summed E-state index contributed by atoms with van der Waals surface area (Å²) in [6.45, 7) is 1.22. The monoisotopic (exact) mass is 480 g/mol. The van der Waals surface area contributed by atoms with Crippen LogP contribution in [-0.2, 0) is 11.2 Å². The van der Waals surface area contributed by atoms with Crippen LogP contribution < -0.4 is 14.4 Å². The second-order valence-electron chi connectivity index (χ2n) is 7.58. The highest BCUT2D eigenvalue weighted by atomic mass is 32.1. The van der Waals surface area contributed by atoms with Crippen molar-refractivity contribution >= 4 is 32.7 Å². The lowest BCUT2D eigenvalue weighted by molar-refractivity contribution is -0.153. The molecule has 1 aromatic carbocycles. The van der Waals surface area contributed by atoms with Gasteiger partial charge in [-0.1, -0.05) is 17.4 Å². The van der Waals surface area contributed by atoms with Crippen molar-refractivity contribution in [2.75, 3.05) is 44.8 Å². The van der Waals surface area contributed by atoms with Crippen LogP contribution in [0.4, 0.5) is 18.3 Å². The van der Waals surface area contributed by atoms with Crippen molar-refractivity contribution in [3.8, 4) is 11.5 Å². The van der Waals surface area contributed by atoms with E-state index in [0.717, 1.165) is 21.0 Å². The minimum absolute atomic E-state index is 0.0195. The molecule has 11 heteroatoms. The zero-order valence-electron chi connectivity index (χ0n) is 18.0. The van der Waals surface area contributed by atoms with Gasteiger partial charge in [0, 0.05) is 38.8 Å². The molecule has 33 heavy (non-hydrogen) atoms. The molecule has 1 aliphatic heterocycles. The number of fused-ring (bicyclic) bond motifs is 1. The van der Waals surface area contributed by atoms with Crippen LogP contribution in [0.5, 0.6) is 11.5 Å². The fourth-order valence-corrected chi connectivity index (χ4v) is 4.56. The van der Waals surface area contributed by atoms with Gasteiger partial charge >= 0.3 is 6.18 Å². The quantitative estimate of drug-likeness (QED) is 0.511. The number of carbonyl (C=O) groups excluding carboxylic acids is 1. The predicted molar refractivity (Wildman–Crippen MR) is 119 cm³/mol. The number of amides is 1. The number of rotatable bonds is 7. The molecule has 0 saturated carbocycles. The highest BCUT2D eigenvalue weighted by molar-refractivity contribution is 7.21. The van der Waals surface area contributed by atoms with E-state index in [9.17, 15) is 18.0 Å². The molecule has 3 aromatic rings. The van der Waals surface area contributed by atoms with Gasteiger partial charge in [0.2, 0.25) is 5.91 Å². The SMILES string of the molecule is COc1cc(CCC(=O)N2CCN(c3nc4cccnc4s3)CC2)ccc1OCC(F)(F)F. The first-order valence-corrected chi connectivity index (χ1v) is 11.2. The first-order chi connectivity index (χ1) is 15.8. The Kier molecular flexibility index (Phi) is 6.87. The van der Waals surface area contributed by atoms with Gasteiger partial charge in [0.1, 0.15) is 10.3 Å². The molecule has 0 N–H and O–H groups in total. The third-order valence-corrected chi connectivity index (χ3v) is 6.34. The minimum atomic E-state index is -4.43. The van der Waals surface area contributed by atoms with Crippen LogP contribution in [0.2, 0.25) is 0 Å². The lowest BCUT2D eigenvalue weighted by atomic mass is 10.1. The van der Waals surface area contributed by atoms with Crippen LogP contribution in [0.3, 0.4) is 0 Å². The molecule has 0 bridgehead atoms. The molecule has 1 fully saturated rings. The van der Waals surface area contributed by atoms with Crippen LogP contribution in [0.25, 0.3) is 10.3 Å². The van der Waals surface area contributed by atoms with Crippen LogP contribution in [0, 0.1) is 0 Å². The van der Waals surface area contributed by atoms with Crippen molar-refractivity contribution in [2.45, 2.75) is 19.0 Å². The summed E-state index contributed by atoms with van der Waals surface area (Å²) in [6.07, 6.45) is -1.92. The number of pyridine rings is 1. The molecule has 0 aliphatic carbocycles. The maximum absolute atomic E-state index is 12.7. The molecule has 3 heterocycles. The number of hydrogen-bond donors (Lipinski definition) is 0. The fourth-order valence-electron chi connectivity index (χ4n) is 3.60. The van der Waals surface area contributed by atoms with Crippen molar-refractivity contribution in [3.63, 3.8) is 0 Å². The summed E-state index contributed by atoms with van der Waals surface area (Å²) < 4.78 is 47.1. The summed E-state index contributed by atoms with van der Waals surface area (Å²) >= 11 is 1.55. The van der Waals surface area contributed by atoms with Gasteiger partial charge in [-0.05, 0) is 36.2 Å². The zero-order valence-corrected chi connectivity index (χ0v) is 18.8. The standard InChI is InChI=1S/C22H23F3N4O3S/c1-31-18-13-15(4-6-17(18)32-14-22(23,24)25)5-7-19(30)28-9-11-29(12-10-28)21-27-16-3-2-8-26-20(16)33-21/h2-4,6,8,13H,5,7,9-12,14H2,1H3. The Morgan fingerprint density at radius 1 is 1.15 bits per heavy atom. The van der Waals surface area contributed by atoms with Gasteiger partial charge in [0.05, 0.1) is 7.11 Å². The normalized spacial score (nSPS) is 14.5. The highest BCUT2D eigenvalue weighted by Crippen LogP contribution is 2.31. The average Bonchev–Trinajstić information content (AvgIpc) is 3.25. The number of ether oxygens (including phenoxy) is 2. The molecule has 0 unspecified atom stereocenters. The first-order valence-electron chi connectivity index (χ1n) is 10.4. The van der Waals surface area contributed by atoms with E-state index in [-0.39, 0.29) is 17.4 Å². The van der Waals surface area contributed by atoms with E-state index in [2.05, 4.69) is 14.9 Å². The van der Waals surface area contributed by atoms with Crippen molar-refractivity contribution in [3.05, 3.63) is 42.1 Å². The molecular weight excluding hydrogens is 457 g/mol. The second-order valence-corrected chi connectivity index (χ2v) is 8.54. The van der Waals surface area contributed by atoms with Gasteiger partial charge in [-0.25, -0.2) is 9.97 Å². The molecular formula is C22H23F3N4O3S. The van der Waals surface area contributed by atoms with Crippen LogP contribution >= 0.6 is 11.3 Å². The Morgan fingerprint density at radius 2 is 1.94 bits per heavy atom. The summed E-state index contributed by atoms with van der Waals surface area (Å²) in [6, 6.07) is 8.50. The number of benzene rings is 1. The third kappa shape index (κ3) is 5.84. The smallest absolute Gasteiger partial charge is 0.422 e. The molecule has 0 spiro atoms. The van der Waals surface area contributed by atoms with Crippen LogP contribution in [-0.4, -0.2) is 66.8 Å². The van der Waals surface area contributed by atoms with Crippen molar-refractivity contribution in [1.82, 2.24) is 14.9 Å². The van der Waals surface area contributed by atoms with E-state index in [1.54, 1.807) is 29.7 Å². The maximum atomic E-state index is 12.7. The molecule has 1 saturated heterocycles. The molecule has 1 amide bonds. The third-order valence-electron chi connectivity index (χ3n) is 5.30. The Balaban J connectivity index is 1.28. The van der Waals surface area contributed by atoms with E-state index in [0.29, 0.717) is 39.0 Å². The number of alkyl halides is 3. The van der Waals surface area contributed by atoms with E-state index in [1.165, 1.54) is 13.2 Å². The number of halogens is 3. The lowest BCUT2D eigenvalue weighted by Crippen LogP contribution is -2.48. The van der Waals surface area contributed by atoms with Gasteiger partial charge in [-0.2, -0.15) is 13.2 Å². The van der Waals surface area contributed by atoms with Gasteiger partial charge in [0.25, 0.3) is 0 Å². The van der Waals surface area contributed by atoms with E-state index >= 15 is 0 Å². The number of nitrogens with zero attached hydrogens (tertiary/aromatic N) is 4. The van der Waals surface area contributed by atoms with Gasteiger partial charge < -0.3 is 19.3 Å². The van der Waals surface area contributed by atoms with E-state index in [1.807, 2.05) is 17.0 Å². The molecule has 0 radical (unpaired) electrons. The Morgan fingerprint density at radius 3 is 2.64 bits per heavy atom. The van der Waals surface area contributed by atoms with Crippen LogP contribution in [0.1, 0.15) is 12.0 Å². The number of methoxy groups -OCH3 is 1. The number of anilines is 1.